The van der Waals surface area contributed by atoms with Crippen LogP contribution in [-0.2, 0) is 6.54 Å². The largest absolute Gasteiger partial charge is 0.478 e. The maximum atomic E-state index is 5.75. The zero-order valence-corrected chi connectivity index (χ0v) is 12.4. The molecule has 0 radical (unpaired) electrons. The van der Waals surface area contributed by atoms with Crippen molar-refractivity contribution in [2.45, 2.75) is 58.5 Å². The minimum atomic E-state index is 0.133. The zero-order valence-electron chi connectivity index (χ0n) is 12.4. The van der Waals surface area contributed by atoms with Gasteiger partial charge in [-0.15, -0.1) is 0 Å². The number of rotatable bonds is 6. The highest BCUT2D eigenvalue weighted by Crippen LogP contribution is 2.29. The van der Waals surface area contributed by atoms with Crippen LogP contribution in [0.3, 0.4) is 0 Å². The summed E-state index contributed by atoms with van der Waals surface area (Å²) >= 11 is 0. The Morgan fingerprint density at radius 2 is 2.16 bits per heavy atom. The van der Waals surface area contributed by atoms with Gasteiger partial charge in [-0.2, -0.15) is 0 Å². The molecule has 1 heterocycles. The molecule has 1 aliphatic rings. The first kappa shape index (κ1) is 14.3. The first-order chi connectivity index (χ1) is 9.03. The molecule has 0 spiro atoms. The Balaban J connectivity index is 1.77. The van der Waals surface area contributed by atoms with E-state index in [2.05, 4.69) is 31.1 Å². The SMILES string of the molecule is CC(C)(C)NCc1ccnc(OCCC2CCC2)c1. The standard InChI is InChI=1S/C16H26N2O/c1-16(2,3)18-12-14-7-9-17-15(11-14)19-10-8-13-5-4-6-13/h7,9,11,13,18H,4-6,8,10,12H2,1-3H3. The molecule has 0 amide bonds. The van der Waals surface area contributed by atoms with Gasteiger partial charge in [0.2, 0.25) is 5.88 Å². The lowest BCUT2D eigenvalue weighted by atomic mass is 9.83. The van der Waals surface area contributed by atoms with Gasteiger partial charge in [0.05, 0.1) is 6.61 Å². The summed E-state index contributed by atoms with van der Waals surface area (Å²) in [5.41, 5.74) is 1.36. The summed E-state index contributed by atoms with van der Waals surface area (Å²) in [4.78, 5) is 4.27. The molecule has 1 aliphatic carbocycles. The van der Waals surface area contributed by atoms with Crippen LogP contribution >= 0.6 is 0 Å². The van der Waals surface area contributed by atoms with Crippen LogP contribution in [0.4, 0.5) is 0 Å². The highest BCUT2D eigenvalue weighted by Gasteiger charge is 2.17. The van der Waals surface area contributed by atoms with Crippen molar-refractivity contribution >= 4 is 0 Å². The van der Waals surface area contributed by atoms with Gasteiger partial charge < -0.3 is 10.1 Å². The second kappa shape index (κ2) is 6.38. The number of nitrogens with one attached hydrogen (secondary N) is 1. The van der Waals surface area contributed by atoms with Crippen molar-refractivity contribution in [1.29, 1.82) is 0 Å². The number of aromatic nitrogens is 1. The smallest absolute Gasteiger partial charge is 0.213 e. The van der Waals surface area contributed by atoms with E-state index in [0.29, 0.717) is 0 Å². The number of pyridine rings is 1. The summed E-state index contributed by atoms with van der Waals surface area (Å²) < 4.78 is 5.75. The van der Waals surface area contributed by atoms with E-state index in [0.717, 1.165) is 24.9 Å². The van der Waals surface area contributed by atoms with E-state index in [9.17, 15) is 0 Å². The molecule has 106 valence electrons. The van der Waals surface area contributed by atoms with Gasteiger partial charge in [0.1, 0.15) is 0 Å². The molecule has 3 heteroatoms. The lowest BCUT2D eigenvalue weighted by Crippen LogP contribution is -2.35. The summed E-state index contributed by atoms with van der Waals surface area (Å²) in [5, 5.41) is 3.47. The third-order valence-corrected chi connectivity index (χ3v) is 3.62. The van der Waals surface area contributed by atoms with Crippen molar-refractivity contribution in [1.82, 2.24) is 10.3 Å². The molecule has 1 aromatic rings. The normalized spacial score (nSPS) is 16.2. The highest BCUT2D eigenvalue weighted by molar-refractivity contribution is 5.20. The number of nitrogens with zero attached hydrogens (tertiary/aromatic N) is 1. The molecule has 1 saturated carbocycles. The van der Waals surface area contributed by atoms with Crippen LogP contribution in [0.15, 0.2) is 18.3 Å². The summed E-state index contributed by atoms with van der Waals surface area (Å²) in [6.07, 6.45) is 7.17. The van der Waals surface area contributed by atoms with E-state index in [1.54, 1.807) is 0 Å². The third-order valence-electron chi connectivity index (χ3n) is 3.62. The molecule has 19 heavy (non-hydrogen) atoms. The summed E-state index contributed by atoms with van der Waals surface area (Å²) in [7, 11) is 0. The van der Waals surface area contributed by atoms with Crippen LogP contribution in [-0.4, -0.2) is 17.1 Å². The number of hydrogen-bond acceptors (Lipinski definition) is 3. The lowest BCUT2D eigenvalue weighted by Gasteiger charge is -2.24. The van der Waals surface area contributed by atoms with Gasteiger partial charge in [0.25, 0.3) is 0 Å². The van der Waals surface area contributed by atoms with Crippen molar-refractivity contribution in [3.05, 3.63) is 23.9 Å². The molecule has 0 bridgehead atoms. The molecule has 0 saturated heterocycles. The minimum Gasteiger partial charge on any atom is -0.478 e. The first-order valence-corrected chi connectivity index (χ1v) is 7.36. The van der Waals surface area contributed by atoms with Crippen molar-refractivity contribution < 1.29 is 4.74 Å². The number of ether oxygens (including phenoxy) is 1. The molecular formula is C16H26N2O. The Kier molecular flexibility index (Phi) is 4.81. The maximum absolute atomic E-state index is 5.75. The molecule has 2 rings (SSSR count). The fourth-order valence-electron chi connectivity index (χ4n) is 2.12. The van der Waals surface area contributed by atoms with Crippen molar-refractivity contribution in [2.24, 2.45) is 5.92 Å². The molecule has 0 aromatic carbocycles. The Morgan fingerprint density at radius 3 is 2.79 bits per heavy atom. The van der Waals surface area contributed by atoms with E-state index in [4.69, 9.17) is 4.74 Å². The third kappa shape index (κ3) is 5.19. The maximum Gasteiger partial charge on any atom is 0.213 e. The molecule has 3 nitrogen and oxygen atoms in total. The molecule has 1 fully saturated rings. The molecule has 0 aliphatic heterocycles. The van der Waals surface area contributed by atoms with Gasteiger partial charge in [-0.3, -0.25) is 0 Å². The van der Waals surface area contributed by atoms with Gasteiger partial charge in [-0.25, -0.2) is 4.98 Å². The molecule has 0 atom stereocenters. The van der Waals surface area contributed by atoms with Gasteiger partial charge in [-0.1, -0.05) is 19.3 Å². The average Bonchev–Trinajstić information content (AvgIpc) is 2.30. The van der Waals surface area contributed by atoms with E-state index >= 15 is 0 Å². The average molecular weight is 262 g/mol. The minimum absolute atomic E-state index is 0.133. The Hall–Kier alpha value is -1.09. The molecular weight excluding hydrogens is 236 g/mol. The Morgan fingerprint density at radius 1 is 1.37 bits per heavy atom. The van der Waals surface area contributed by atoms with Crippen LogP contribution < -0.4 is 10.1 Å². The van der Waals surface area contributed by atoms with E-state index in [1.165, 1.54) is 31.2 Å². The Bertz CT molecular complexity index is 394. The first-order valence-electron chi connectivity index (χ1n) is 7.36. The second-order valence-corrected chi connectivity index (χ2v) is 6.54. The fourth-order valence-corrected chi connectivity index (χ4v) is 2.12. The molecule has 1 aromatic heterocycles. The predicted molar refractivity (Wildman–Crippen MR) is 78.3 cm³/mol. The van der Waals surface area contributed by atoms with Gasteiger partial charge in [0.15, 0.2) is 0 Å². The van der Waals surface area contributed by atoms with Crippen molar-refractivity contribution in [2.75, 3.05) is 6.61 Å². The lowest BCUT2D eigenvalue weighted by molar-refractivity contribution is 0.217. The fraction of sp³-hybridized carbons (Fsp3) is 0.688. The quantitative estimate of drug-likeness (QED) is 0.851. The molecule has 1 N–H and O–H groups in total. The van der Waals surface area contributed by atoms with E-state index < -0.39 is 0 Å². The van der Waals surface area contributed by atoms with E-state index in [-0.39, 0.29) is 5.54 Å². The van der Waals surface area contributed by atoms with Crippen LogP contribution in [0.25, 0.3) is 0 Å². The summed E-state index contributed by atoms with van der Waals surface area (Å²) in [5.74, 6) is 1.65. The molecule has 0 unspecified atom stereocenters. The van der Waals surface area contributed by atoms with Crippen molar-refractivity contribution in [3.8, 4) is 5.88 Å². The Labute approximate surface area is 116 Å². The van der Waals surface area contributed by atoms with Gasteiger partial charge >= 0.3 is 0 Å². The van der Waals surface area contributed by atoms with Crippen LogP contribution in [0.2, 0.25) is 0 Å². The topological polar surface area (TPSA) is 34.2 Å². The number of hydrogen-bond donors (Lipinski definition) is 1. The van der Waals surface area contributed by atoms with Crippen LogP contribution in [0, 0.1) is 5.92 Å². The zero-order chi connectivity index (χ0) is 13.7. The highest BCUT2D eigenvalue weighted by atomic mass is 16.5. The van der Waals surface area contributed by atoms with Crippen LogP contribution in [0.1, 0.15) is 52.0 Å². The summed E-state index contributed by atoms with van der Waals surface area (Å²) in [6.45, 7) is 8.16. The second-order valence-electron chi connectivity index (χ2n) is 6.54. The van der Waals surface area contributed by atoms with Crippen LogP contribution in [0.5, 0.6) is 5.88 Å². The predicted octanol–water partition coefficient (Wildman–Crippen LogP) is 3.54. The van der Waals surface area contributed by atoms with Gasteiger partial charge in [-0.05, 0) is 44.7 Å². The van der Waals surface area contributed by atoms with Gasteiger partial charge in [0, 0.05) is 24.3 Å². The van der Waals surface area contributed by atoms with E-state index in [1.807, 2.05) is 18.3 Å². The summed E-state index contributed by atoms with van der Waals surface area (Å²) in [6, 6.07) is 4.08. The monoisotopic (exact) mass is 262 g/mol. The van der Waals surface area contributed by atoms with Crippen molar-refractivity contribution in [3.63, 3.8) is 0 Å².